The van der Waals surface area contributed by atoms with Crippen LogP contribution in [0.3, 0.4) is 0 Å². The molecule has 33 heavy (non-hydrogen) atoms. The van der Waals surface area contributed by atoms with Crippen LogP contribution < -0.4 is 10.9 Å². The van der Waals surface area contributed by atoms with Crippen molar-refractivity contribution in [1.29, 1.82) is 0 Å². The molecule has 1 aliphatic heterocycles. The minimum Gasteiger partial charge on any atom is -0.502 e. The van der Waals surface area contributed by atoms with Crippen LogP contribution in [-0.2, 0) is 12.0 Å². The summed E-state index contributed by atoms with van der Waals surface area (Å²) < 4.78 is 0. The highest BCUT2D eigenvalue weighted by atomic mass is 16.3. The zero-order valence-electron chi connectivity index (χ0n) is 18.2. The largest absolute Gasteiger partial charge is 0.502 e. The fourth-order valence-corrected chi connectivity index (χ4v) is 4.08. The molecule has 0 spiro atoms. The first kappa shape index (κ1) is 22.7. The van der Waals surface area contributed by atoms with Crippen molar-refractivity contribution in [2.45, 2.75) is 30.8 Å². The van der Waals surface area contributed by atoms with E-state index in [4.69, 9.17) is 0 Å². The van der Waals surface area contributed by atoms with Crippen LogP contribution in [0.1, 0.15) is 46.7 Å². The number of nitrogens with zero attached hydrogens (tertiary/aromatic N) is 1. The van der Waals surface area contributed by atoms with E-state index in [-0.39, 0.29) is 24.6 Å². The lowest BCUT2D eigenvalue weighted by molar-refractivity contribution is 0.00594. The van der Waals surface area contributed by atoms with Gasteiger partial charge in [0.2, 0.25) is 5.75 Å². The second kappa shape index (κ2) is 10.0. The molecule has 1 aliphatic rings. The highest BCUT2D eigenvalue weighted by molar-refractivity contribution is 5.45. The Labute approximate surface area is 192 Å². The number of aromatic nitrogens is 2. The van der Waals surface area contributed by atoms with Crippen LogP contribution in [-0.4, -0.2) is 45.0 Å². The van der Waals surface area contributed by atoms with Crippen LogP contribution in [0, 0.1) is 11.8 Å². The van der Waals surface area contributed by atoms with Crippen LogP contribution in [0.15, 0.2) is 59.7 Å². The van der Waals surface area contributed by atoms with Gasteiger partial charge >= 0.3 is 0 Å². The van der Waals surface area contributed by atoms with E-state index in [0.717, 1.165) is 35.3 Å². The van der Waals surface area contributed by atoms with E-state index < -0.39 is 16.9 Å². The number of benzene rings is 2. The standard InChI is InChI=1S/C26H27N3O4/c30-16-21(15-23-24(31)25(32)29-17-28-23)20-7-3-18(4-8-20)1-2-19-5-9-22(10-6-19)26(33)11-13-27-14-12-26/h3-10,17,21,27,30-31,33H,11-16H2,(H,28,29,32). The minimum atomic E-state index is -0.768. The Kier molecular flexibility index (Phi) is 6.90. The first-order valence-electron chi connectivity index (χ1n) is 11.0. The summed E-state index contributed by atoms with van der Waals surface area (Å²) in [6.45, 7) is 1.48. The summed E-state index contributed by atoms with van der Waals surface area (Å²) in [5.74, 6) is 5.56. The van der Waals surface area contributed by atoms with E-state index in [1.807, 2.05) is 48.5 Å². The Morgan fingerprint density at radius 2 is 1.61 bits per heavy atom. The molecule has 4 rings (SSSR count). The molecule has 0 saturated carbocycles. The summed E-state index contributed by atoms with van der Waals surface area (Å²) in [6.07, 6.45) is 2.89. The summed E-state index contributed by atoms with van der Waals surface area (Å²) in [6, 6.07) is 15.3. The van der Waals surface area contributed by atoms with Gasteiger partial charge in [-0.1, -0.05) is 36.1 Å². The Bertz CT molecular complexity index is 1200. The highest BCUT2D eigenvalue weighted by Gasteiger charge is 2.30. The van der Waals surface area contributed by atoms with Crippen LogP contribution in [0.4, 0.5) is 0 Å². The number of hydrogen-bond acceptors (Lipinski definition) is 6. The summed E-state index contributed by atoms with van der Waals surface area (Å²) in [5, 5.41) is 33.8. The molecule has 2 aromatic carbocycles. The Morgan fingerprint density at radius 3 is 2.21 bits per heavy atom. The molecule has 1 fully saturated rings. The van der Waals surface area contributed by atoms with E-state index in [2.05, 4.69) is 27.1 Å². The van der Waals surface area contributed by atoms with E-state index in [0.29, 0.717) is 12.8 Å². The van der Waals surface area contributed by atoms with Crippen molar-refractivity contribution >= 4 is 0 Å². The predicted molar refractivity (Wildman–Crippen MR) is 125 cm³/mol. The maximum Gasteiger partial charge on any atom is 0.293 e. The molecular weight excluding hydrogens is 418 g/mol. The maximum atomic E-state index is 11.6. The first-order valence-corrected chi connectivity index (χ1v) is 11.0. The number of aliphatic hydroxyl groups is 2. The quantitative estimate of drug-likeness (QED) is 0.382. The molecule has 1 atom stereocenters. The van der Waals surface area contributed by atoms with Gasteiger partial charge in [0, 0.05) is 23.5 Å². The number of nitrogens with one attached hydrogen (secondary N) is 2. The summed E-state index contributed by atoms with van der Waals surface area (Å²) in [7, 11) is 0. The van der Waals surface area contributed by atoms with Crippen molar-refractivity contribution in [1.82, 2.24) is 15.3 Å². The van der Waals surface area contributed by atoms with Gasteiger partial charge in [-0.3, -0.25) is 4.79 Å². The number of piperidine rings is 1. The number of aromatic amines is 1. The number of rotatable bonds is 5. The van der Waals surface area contributed by atoms with Crippen molar-refractivity contribution in [3.8, 4) is 17.6 Å². The van der Waals surface area contributed by atoms with Crippen LogP contribution in [0.5, 0.6) is 5.75 Å². The molecule has 0 amide bonds. The third-order valence-electron chi connectivity index (χ3n) is 6.15. The Hall–Kier alpha value is -3.44. The number of aromatic hydroxyl groups is 1. The molecule has 5 N–H and O–H groups in total. The molecule has 170 valence electrons. The molecule has 0 bridgehead atoms. The molecular formula is C26H27N3O4. The number of hydrogen-bond donors (Lipinski definition) is 5. The second-order valence-electron chi connectivity index (χ2n) is 8.34. The average Bonchev–Trinajstić information content (AvgIpc) is 2.85. The van der Waals surface area contributed by atoms with Gasteiger partial charge in [0.25, 0.3) is 5.56 Å². The first-order chi connectivity index (χ1) is 16.0. The lowest BCUT2D eigenvalue weighted by Crippen LogP contribution is -2.39. The molecule has 1 aromatic heterocycles. The van der Waals surface area contributed by atoms with Crippen molar-refractivity contribution in [3.63, 3.8) is 0 Å². The van der Waals surface area contributed by atoms with Gasteiger partial charge in [0.05, 0.1) is 24.2 Å². The second-order valence-corrected chi connectivity index (χ2v) is 8.34. The third kappa shape index (κ3) is 5.32. The van der Waals surface area contributed by atoms with Crippen molar-refractivity contribution in [2.75, 3.05) is 19.7 Å². The SMILES string of the molecule is O=c1[nH]cnc(CC(CO)c2ccc(C#Cc3ccc(C4(O)CCNCC4)cc3)cc2)c1O. The fraction of sp³-hybridized carbons (Fsp3) is 0.308. The molecule has 0 radical (unpaired) electrons. The molecule has 7 heteroatoms. The van der Waals surface area contributed by atoms with Crippen LogP contribution in [0.25, 0.3) is 0 Å². The van der Waals surface area contributed by atoms with Crippen molar-refractivity contribution in [2.24, 2.45) is 0 Å². The summed E-state index contributed by atoms with van der Waals surface area (Å²) >= 11 is 0. The lowest BCUT2D eigenvalue weighted by Gasteiger charge is -2.33. The zero-order valence-corrected chi connectivity index (χ0v) is 18.2. The maximum absolute atomic E-state index is 11.6. The average molecular weight is 446 g/mol. The Morgan fingerprint density at radius 1 is 1.00 bits per heavy atom. The Balaban J connectivity index is 1.44. The summed E-state index contributed by atoms with van der Waals surface area (Å²) in [5.41, 5.74) is 2.37. The molecule has 1 saturated heterocycles. The van der Waals surface area contributed by atoms with E-state index in [1.165, 1.54) is 6.33 Å². The van der Waals surface area contributed by atoms with Crippen molar-refractivity contribution in [3.05, 3.63) is 93.2 Å². The smallest absolute Gasteiger partial charge is 0.293 e. The molecule has 0 aliphatic carbocycles. The molecule has 7 nitrogen and oxygen atoms in total. The topological polar surface area (TPSA) is 118 Å². The van der Waals surface area contributed by atoms with Gasteiger partial charge in [-0.05, 0) is 61.3 Å². The van der Waals surface area contributed by atoms with Gasteiger partial charge in [0.1, 0.15) is 0 Å². The van der Waals surface area contributed by atoms with E-state index in [9.17, 15) is 20.1 Å². The molecule has 2 heterocycles. The van der Waals surface area contributed by atoms with E-state index >= 15 is 0 Å². The zero-order chi connectivity index (χ0) is 23.3. The normalized spacial score (nSPS) is 15.9. The summed E-state index contributed by atoms with van der Waals surface area (Å²) in [4.78, 5) is 17.9. The van der Waals surface area contributed by atoms with Gasteiger partial charge in [-0.25, -0.2) is 4.98 Å². The fourth-order valence-electron chi connectivity index (χ4n) is 4.08. The van der Waals surface area contributed by atoms with Crippen molar-refractivity contribution < 1.29 is 15.3 Å². The van der Waals surface area contributed by atoms with E-state index in [1.54, 1.807) is 0 Å². The van der Waals surface area contributed by atoms with Crippen LogP contribution >= 0.6 is 0 Å². The van der Waals surface area contributed by atoms with Gasteiger partial charge in [-0.2, -0.15) is 0 Å². The van der Waals surface area contributed by atoms with Crippen LogP contribution in [0.2, 0.25) is 0 Å². The van der Waals surface area contributed by atoms with Gasteiger partial charge in [0.15, 0.2) is 0 Å². The van der Waals surface area contributed by atoms with Gasteiger partial charge < -0.3 is 25.6 Å². The predicted octanol–water partition coefficient (Wildman–Crippen LogP) is 1.76. The lowest BCUT2D eigenvalue weighted by atomic mass is 9.85. The third-order valence-corrected chi connectivity index (χ3v) is 6.15. The number of H-pyrrole nitrogens is 1. The monoisotopic (exact) mass is 445 g/mol. The number of aliphatic hydroxyl groups excluding tert-OH is 1. The minimum absolute atomic E-state index is 0.145. The molecule has 1 unspecified atom stereocenters. The molecule has 3 aromatic rings. The highest BCUT2D eigenvalue weighted by Crippen LogP contribution is 2.30. The van der Waals surface area contributed by atoms with Gasteiger partial charge in [-0.15, -0.1) is 0 Å².